The molecule has 0 atom stereocenters. The highest BCUT2D eigenvalue weighted by molar-refractivity contribution is 6.09. The summed E-state index contributed by atoms with van der Waals surface area (Å²) in [6.07, 6.45) is 15.6. The number of nitrogens with zero attached hydrogens (tertiary/aromatic N) is 3. The van der Waals surface area contributed by atoms with Crippen LogP contribution in [0.15, 0.2) is 121 Å². The molecule has 39 heavy (non-hydrogen) atoms. The Labute approximate surface area is 227 Å². The van der Waals surface area contributed by atoms with Gasteiger partial charge in [0.25, 0.3) is 0 Å². The van der Waals surface area contributed by atoms with E-state index in [2.05, 4.69) is 114 Å². The Bertz CT molecular complexity index is 1950. The van der Waals surface area contributed by atoms with Gasteiger partial charge in [-0.2, -0.15) is 0 Å². The lowest BCUT2D eigenvalue weighted by Gasteiger charge is -2.19. The molecule has 3 aromatic heterocycles. The molecule has 2 aliphatic carbocycles. The summed E-state index contributed by atoms with van der Waals surface area (Å²) in [5, 5.41) is 3.58. The predicted octanol–water partition coefficient (Wildman–Crippen LogP) is 9.00. The van der Waals surface area contributed by atoms with E-state index >= 15 is 0 Å². The molecule has 0 saturated carbocycles. The lowest BCUT2D eigenvalue weighted by Crippen LogP contribution is -2.06. The maximum absolute atomic E-state index is 4.92. The van der Waals surface area contributed by atoms with Crippen LogP contribution < -0.4 is 0 Å². The Morgan fingerprint density at radius 1 is 0.692 bits per heavy atom. The van der Waals surface area contributed by atoms with Crippen molar-refractivity contribution in [3.8, 4) is 16.8 Å². The minimum absolute atomic E-state index is 1.00. The molecule has 6 aromatic rings. The van der Waals surface area contributed by atoms with E-state index in [0.717, 1.165) is 48.1 Å². The number of hydrogen-bond acceptors (Lipinski definition) is 2. The summed E-state index contributed by atoms with van der Waals surface area (Å²) in [7, 11) is 0. The van der Waals surface area contributed by atoms with Crippen molar-refractivity contribution in [2.75, 3.05) is 0 Å². The number of hydrogen-bond donors (Lipinski definition) is 0. The summed E-state index contributed by atoms with van der Waals surface area (Å²) < 4.78 is 2.37. The third-order valence-corrected chi connectivity index (χ3v) is 8.19. The van der Waals surface area contributed by atoms with E-state index in [1.807, 2.05) is 6.20 Å². The van der Waals surface area contributed by atoms with Crippen LogP contribution in [0.2, 0.25) is 0 Å². The smallest absolute Gasteiger partial charge is 0.145 e. The van der Waals surface area contributed by atoms with Gasteiger partial charge in [-0.1, -0.05) is 66.8 Å². The highest BCUT2D eigenvalue weighted by Gasteiger charge is 2.23. The van der Waals surface area contributed by atoms with Gasteiger partial charge in [0.2, 0.25) is 0 Å². The predicted molar refractivity (Wildman–Crippen MR) is 162 cm³/mol. The molecule has 0 aliphatic heterocycles. The van der Waals surface area contributed by atoms with Crippen molar-refractivity contribution in [1.29, 1.82) is 0 Å². The van der Waals surface area contributed by atoms with Gasteiger partial charge in [-0.15, -0.1) is 0 Å². The Morgan fingerprint density at radius 2 is 1.44 bits per heavy atom. The first-order valence-electron chi connectivity index (χ1n) is 13.8. The summed E-state index contributed by atoms with van der Waals surface area (Å²) >= 11 is 0. The minimum Gasteiger partial charge on any atom is -0.298 e. The molecule has 0 fully saturated rings. The Kier molecular flexibility index (Phi) is 5.09. The van der Waals surface area contributed by atoms with Gasteiger partial charge in [0.05, 0.1) is 11.0 Å². The molecule has 0 amide bonds. The zero-order chi connectivity index (χ0) is 25.8. The van der Waals surface area contributed by atoms with E-state index in [4.69, 9.17) is 9.97 Å². The molecule has 0 spiro atoms. The van der Waals surface area contributed by atoms with Crippen LogP contribution in [0.4, 0.5) is 0 Å². The normalized spacial score (nSPS) is 15.0. The van der Waals surface area contributed by atoms with E-state index in [1.54, 1.807) is 0 Å². The summed E-state index contributed by atoms with van der Waals surface area (Å²) in [5.41, 5.74) is 12.2. The van der Waals surface area contributed by atoms with E-state index in [0.29, 0.717) is 0 Å². The van der Waals surface area contributed by atoms with Gasteiger partial charge in [-0.05, 0) is 84.9 Å². The van der Waals surface area contributed by atoms with Crippen LogP contribution in [0.25, 0.3) is 55.7 Å². The highest BCUT2D eigenvalue weighted by atomic mass is 15.1. The Morgan fingerprint density at radius 3 is 2.18 bits per heavy atom. The number of aromatic nitrogens is 3. The van der Waals surface area contributed by atoms with Crippen LogP contribution in [0.5, 0.6) is 0 Å². The first-order valence-corrected chi connectivity index (χ1v) is 13.8. The quantitative estimate of drug-likeness (QED) is 0.227. The van der Waals surface area contributed by atoms with Crippen molar-refractivity contribution in [2.24, 2.45) is 0 Å². The molecular formula is C36H27N3. The first kappa shape index (κ1) is 22.2. The maximum Gasteiger partial charge on any atom is 0.145 e. The molecule has 3 heteroatoms. The fourth-order valence-electron chi connectivity index (χ4n) is 6.38. The summed E-state index contributed by atoms with van der Waals surface area (Å²) in [5.74, 6) is 0. The SMILES string of the molecule is C1=CC(C2=Cc3c(n(-c4ccc(-c5c6ccccc6nc6ccccc56)cc4)c4ncccc34)CC2)=CCC1. The molecule has 0 saturated heterocycles. The van der Waals surface area contributed by atoms with E-state index in [-0.39, 0.29) is 0 Å². The maximum atomic E-state index is 4.92. The number of benzene rings is 3. The lowest BCUT2D eigenvalue weighted by molar-refractivity contribution is 0.856. The zero-order valence-electron chi connectivity index (χ0n) is 21.6. The van der Waals surface area contributed by atoms with Crippen molar-refractivity contribution in [3.05, 3.63) is 132 Å². The second-order valence-electron chi connectivity index (χ2n) is 10.4. The molecule has 0 N–H and O–H groups in total. The topological polar surface area (TPSA) is 30.7 Å². The van der Waals surface area contributed by atoms with Gasteiger partial charge in [0, 0.05) is 44.9 Å². The molecule has 2 aliphatic rings. The second-order valence-corrected chi connectivity index (χ2v) is 10.4. The van der Waals surface area contributed by atoms with Crippen LogP contribution >= 0.6 is 0 Å². The van der Waals surface area contributed by atoms with Crippen molar-refractivity contribution in [3.63, 3.8) is 0 Å². The van der Waals surface area contributed by atoms with E-state index in [9.17, 15) is 0 Å². The van der Waals surface area contributed by atoms with Crippen molar-refractivity contribution >= 4 is 38.9 Å². The van der Waals surface area contributed by atoms with Crippen LogP contribution in [0.3, 0.4) is 0 Å². The molecule has 3 heterocycles. The number of para-hydroxylation sites is 2. The number of fused-ring (bicyclic) bond motifs is 5. The van der Waals surface area contributed by atoms with E-state index < -0.39 is 0 Å². The van der Waals surface area contributed by atoms with Crippen LogP contribution in [0.1, 0.15) is 30.5 Å². The monoisotopic (exact) mass is 501 g/mol. The number of pyridine rings is 2. The summed E-state index contributed by atoms with van der Waals surface area (Å²) in [6.45, 7) is 0. The fourth-order valence-corrected chi connectivity index (χ4v) is 6.38. The van der Waals surface area contributed by atoms with Crippen LogP contribution in [-0.2, 0) is 6.42 Å². The number of rotatable bonds is 3. The van der Waals surface area contributed by atoms with Crippen molar-refractivity contribution < 1.29 is 0 Å². The Hall–Kier alpha value is -4.76. The van der Waals surface area contributed by atoms with Gasteiger partial charge < -0.3 is 0 Å². The van der Waals surface area contributed by atoms with Gasteiger partial charge in [-0.3, -0.25) is 4.57 Å². The second kappa shape index (κ2) is 8.92. The Balaban J connectivity index is 1.29. The third kappa shape index (κ3) is 3.58. The zero-order valence-corrected chi connectivity index (χ0v) is 21.6. The molecule has 0 bridgehead atoms. The van der Waals surface area contributed by atoms with Crippen LogP contribution in [0, 0.1) is 0 Å². The van der Waals surface area contributed by atoms with Gasteiger partial charge >= 0.3 is 0 Å². The molecule has 3 nitrogen and oxygen atoms in total. The summed E-state index contributed by atoms with van der Waals surface area (Å²) in [6, 6.07) is 30.2. The molecule has 0 unspecified atom stereocenters. The molecule has 186 valence electrons. The van der Waals surface area contributed by atoms with Gasteiger partial charge in [0.15, 0.2) is 0 Å². The summed E-state index contributed by atoms with van der Waals surface area (Å²) in [4.78, 5) is 9.78. The van der Waals surface area contributed by atoms with Crippen molar-refractivity contribution in [1.82, 2.24) is 14.5 Å². The highest BCUT2D eigenvalue weighted by Crippen LogP contribution is 2.39. The first-order chi connectivity index (χ1) is 19.3. The third-order valence-electron chi connectivity index (χ3n) is 8.19. The van der Waals surface area contributed by atoms with Gasteiger partial charge in [0.1, 0.15) is 5.65 Å². The largest absolute Gasteiger partial charge is 0.298 e. The van der Waals surface area contributed by atoms with Gasteiger partial charge in [-0.25, -0.2) is 9.97 Å². The van der Waals surface area contributed by atoms with Crippen molar-refractivity contribution in [2.45, 2.75) is 25.7 Å². The molecule has 0 radical (unpaired) electrons. The minimum atomic E-state index is 1.00. The number of allylic oxidation sites excluding steroid dienone is 5. The average Bonchev–Trinajstić information content (AvgIpc) is 3.34. The van der Waals surface area contributed by atoms with E-state index in [1.165, 1.54) is 49.7 Å². The lowest BCUT2D eigenvalue weighted by atomic mass is 9.89. The average molecular weight is 502 g/mol. The molecule has 8 rings (SSSR count). The fraction of sp³-hybridized carbons (Fsp3) is 0.111. The standard InChI is InChI=1S/C36H27N3/c1-2-9-24(10-3-1)26-18-21-34-31(23-26)28-13-8-22-37-36(28)39(34)27-19-16-25(17-20-27)35-29-11-4-6-14-32(29)38-33-15-7-5-12-30(33)35/h2,4-17,19-20,22-23H,1,3,18,21H2. The molecular weight excluding hydrogens is 474 g/mol. The van der Waals surface area contributed by atoms with Crippen LogP contribution in [-0.4, -0.2) is 14.5 Å². The molecule has 3 aromatic carbocycles.